The second-order valence-electron chi connectivity index (χ2n) is 6.10. The number of nitrogen functional groups attached to an aromatic ring is 1. The van der Waals surface area contributed by atoms with E-state index in [1.54, 1.807) is 0 Å². The van der Waals surface area contributed by atoms with Gasteiger partial charge in [0.05, 0.1) is 6.61 Å². The number of unbranched alkanes of at least 4 members (excludes halogenated alkanes) is 1. The Labute approximate surface area is 134 Å². The molecule has 124 valence electrons. The molecule has 22 heavy (non-hydrogen) atoms. The number of hydrogen-bond donors (Lipinski definition) is 2. The summed E-state index contributed by atoms with van der Waals surface area (Å²) in [6, 6.07) is 0.466. The van der Waals surface area contributed by atoms with E-state index in [1.165, 1.54) is 38.5 Å². The summed E-state index contributed by atoms with van der Waals surface area (Å²) in [7, 11) is 0. The number of hydrogen-bond acceptors (Lipinski definition) is 5. The molecule has 0 amide bonds. The molecule has 0 aromatic carbocycles. The number of rotatable bonds is 7. The van der Waals surface area contributed by atoms with E-state index in [-0.39, 0.29) is 0 Å². The predicted octanol–water partition coefficient (Wildman–Crippen LogP) is 3.93. The fraction of sp³-hybridized carbons (Fsp3) is 0.765. The standard InChI is InChI=1S/C17H30N4O/c1-3-5-12-22-17-15(18)16(20-14(4-2)21-17)19-13-10-8-6-7-9-11-13/h13H,3-12,18H2,1-2H3,(H,19,20,21). The third-order valence-corrected chi connectivity index (χ3v) is 4.21. The summed E-state index contributed by atoms with van der Waals surface area (Å²) in [5.41, 5.74) is 6.79. The fourth-order valence-corrected chi connectivity index (χ4v) is 2.80. The van der Waals surface area contributed by atoms with Crippen LogP contribution in [0.3, 0.4) is 0 Å². The van der Waals surface area contributed by atoms with Gasteiger partial charge in [0.15, 0.2) is 5.82 Å². The molecule has 5 heteroatoms. The van der Waals surface area contributed by atoms with Crippen LogP contribution >= 0.6 is 0 Å². The number of ether oxygens (including phenoxy) is 1. The van der Waals surface area contributed by atoms with Crippen molar-refractivity contribution < 1.29 is 4.74 Å². The minimum Gasteiger partial charge on any atom is -0.476 e. The van der Waals surface area contributed by atoms with Gasteiger partial charge in [-0.15, -0.1) is 0 Å². The van der Waals surface area contributed by atoms with E-state index in [9.17, 15) is 0 Å². The Kier molecular flexibility index (Phi) is 6.74. The van der Waals surface area contributed by atoms with E-state index in [2.05, 4.69) is 29.1 Å². The van der Waals surface area contributed by atoms with Gasteiger partial charge in [-0.2, -0.15) is 4.98 Å². The highest BCUT2D eigenvalue weighted by Gasteiger charge is 2.17. The van der Waals surface area contributed by atoms with Gasteiger partial charge in [0, 0.05) is 12.5 Å². The summed E-state index contributed by atoms with van der Waals surface area (Å²) in [5, 5.41) is 3.54. The van der Waals surface area contributed by atoms with Crippen LogP contribution in [-0.2, 0) is 6.42 Å². The van der Waals surface area contributed by atoms with Crippen LogP contribution in [-0.4, -0.2) is 22.6 Å². The average Bonchev–Trinajstić information content (AvgIpc) is 2.79. The lowest BCUT2D eigenvalue weighted by molar-refractivity contribution is 0.298. The maximum absolute atomic E-state index is 6.23. The first-order valence-electron chi connectivity index (χ1n) is 8.80. The molecule has 0 bridgehead atoms. The molecular formula is C17H30N4O. The monoisotopic (exact) mass is 306 g/mol. The van der Waals surface area contributed by atoms with Crippen molar-refractivity contribution in [2.24, 2.45) is 0 Å². The topological polar surface area (TPSA) is 73.1 Å². The Morgan fingerprint density at radius 2 is 1.86 bits per heavy atom. The summed E-state index contributed by atoms with van der Waals surface area (Å²) in [6.45, 7) is 4.85. The molecule has 3 N–H and O–H groups in total. The van der Waals surface area contributed by atoms with Crippen molar-refractivity contribution >= 4 is 11.5 Å². The first kappa shape index (κ1) is 16.8. The Morgan fingerprint density at radius 3 is 2.50 bits per heavy atom. The number of nitrogens with two attached hydrogens (primary N) is 1. The maximum Gasteiger partial charge on any atom is 0.242 e. The van der Waals surface area contributed by atoms with Crippen LogP contribution in [0.15, 0.2) is 0 Å². The lowest BCUT2D eigenvalue weighted by atomic mass is 10.1. The quantitative estimate of drug-likeness (QED) is 0.589. The van der Waals surface area contributed by atoms with Gasteiger partial charge in [0.25, 0.3) is 0 Å². The molecule has 1 aliphatic rings. The number of aromatic nitrogens is 2. The number of aryl methyl sites for hydroxylation is 1. The van der Waals surface area contributed by atoms with E-state index >= 15 is 0 Å². The summed E-state index contributed by atoms with van der Waals surface area (Å²) < 4.78 is 5.76. The van der Waals surface area contributed by atoms with Crippen molar-refractivity contribution in [2.45, 2.75) is 77.7 Å². The summed E-state index contributed by atoms with van der Waals surface area (Å²) in [6.07, 6.45) is 10.5. The van der Waals surface area contributed by atoms with Gasteiger partial charge >= 0.3 is 0 Å². The molecule has 0 radical (unpaired) electrons. The lowest BCUT2D eigenvalue weighted by Gasteiger charge is -2.19. The normalized spacial score (nSPS) is 16.3. The van der Waals surface area contributed by atoms with E-state index in [4.69, 9.17) is 10.5 Å². The Bertz CT molecular complexity index is 456. The number of nitrogens with zero attached hydrogens (tertiary/aromatic N) is 2. The fourth-order valence-electron chi connectivity index (χ4n) is 2.80. The van der Waals surface area contributed by atoms with Gasteiger partial charge in [-0.1, -0.05) is 46.0 Å². The average molecular weight is 306 g/mol. The highest BCUT2D eigenvalue weighted by atomic mass is 16.5. The van der Waals surface area contributed by atoms with Crippen molar-refractivity contribution in [1.29, 1.82) is 0 Å². The smallest absolute Gasteiger partial charge is 0.242 e. The van der Waals surface area contributed by atoms with Crippen molar-refractivity contribution in [3.63, 3.8) is 0 Å². The Morgan fingerprint density at radius 1 is 1.14 bits per heavy atom. The largest absolute Gasteiger partial charge is 0.476 e. The van der Waals surface area contributed by atoms with Crippen LogP contribution in [0.4, 0.5) is 11.5 Å². The molecule has 0 saturated heterocycles. The zero-order valence-electron chi connectivity index (χ0n) is 14.0. The molecule has 1 fully saturated rings. The van der Waals surface area contributed by atoms with Gasteiger partial charge in [-0.25, -0.2) is 4.98 Å². The van der Waals surface area contributed by atoms with Gasteiger partial charge in [0.2, 0.25) is 5.88 Å². The molecule has 0 aliphatic heterocycles. The minimum atomic E-state index is 0.466. The molecule has 1 aromatic rings. The zero-order valence-corrected chi connectivity index (χ0v) is 14.0. The van der Waals surface area contributed by atoms with Gasteiger partial charge in [-0.3, -0.25) is 0 Å². The molecule has 0 atom stereocenters. The van der Waals surface area contributed by atoms with Crippen LogP contribution < -0.4 is 15.8 Å². The van der Waals surface area contributed by atoms with Gasteiger partial charge in [-0.05, 0) is 19.3 Å². The molecule has 1 aliphatic carbocycles. The molecule has 0 unspecified atom stereocenters. The minimum absolute atomic E-state index is 0.466. The maximum atomic E-state index is 6.23. The highest BCUT2D eigenvalue weighted by molar-refractivity contribution is 5.67. The van der Waals surface area contributed by atoms with Crippen molar-refractivity contribution in [2.75, 3.05) is 17.7 Å². The van der Waals surface area contributed by atoms with E-state index in [0.29, 0.717) is 24.2 Å². The first-order chi connectivity index (χ1) is 10.7. The molecule has 2 rings (SSSR count). The van der Waals surface area contributed by atoms with Crippen LogP contribution in [0, 0.1) is 0 Å². The third-order valence-electron chi connectivity index (χ3n) is 4.21. The molecule has 1 heterocycles. The molecule has 5 nitrogen and oxygen atoms in total. The highest BCUT2D eigenvalue weighted by Crippen LogP contribution is 2.29. The second-order valence-corrected chi connectivity index (χ2v) is 6.10. The van der Waals surface area contributed by atoms with Crippen molar-refractivity contribution in [3.8, 4) is 5.88 Å². The molecule has 1 aromatic heterocycles. The Balaban J connectivity index is 2.12. The summed E-state index contributed by atoms with van der Waals surface area (Å²) in [5.74, 6) is 2.08. The third kappa shape index (κ3) is 4.75. The first-order valence-corrected chi connectivity index (χ1v) is 8.80. The number of nitrogens with one attached hydrogen (secondary N) is 1. The van der Waals surface area contributed by atoms with Crippen LogP contribution in [0.1, 0.15) is 71.0 Å². The van der Waals surface area contributed by atoms with Crippen molar-refractivity contribution in [3.05, 3.63) is 5.82 Å². The molecular weight excluding hydrogens is 276 g/mol. The summed E-state index contributed by atoms with van der Waals surface area (Å²) in [4.78, 5) is 9.01. The lowest BCUT2D eigenvalue weighted by Crippen LogP contribution is -2.21. The molecule has 0 spiro atoms. The predicted molar refractivity (Wildman–Crippen MR) is 91.3 cm³/mol. The van der Waals surface area contributed by atoms with Crippen LogP contribution in [0.2, 0.25) is 0 Å². The SMILES string of the molecule is CCCCOc1nc(CC)nc(NC2CCCCCC2)c1N. The zero-order chi connectivity index (χ0) is 15.8. The number of anilines is 2. The van der Waals surface area contributed by atoms with Crippen molar-refractivity contribution in [1.82, 2.24) is 9.97 Å². The van der Waals surface area contributed by atoms with Gasteiger partial charge < -0.3 is 15.8 Å². The van der Waals surface area contributed by atoms with Crippen LogP contribution in [0.5, 0.6) is 5.88 Å². The van der Waals surface area contributed by atoms with E-state index in [1.807, 2.05) is 0 Å². The van der Waals surface area contributed by atoms with E-state index < -0.39 is 0 Å². The summed E-state index contributed by atoms with van der Waals surface area (Å²) >= 11 is 0. The second kappa shape index (κ2) is 8.81. The van der Waals surface area contributed by atoms with E-state index in [0.717, 1.165) is 30.9 Å². The Hall–Kier alpha value is -1.52. The van der Waals surface area contributed by atoms with Gasteiger partial charge in [0.1, 0.15) is 11.5 Å². The molecule has 1 saturated carbocycles. The van der Waals surface area contributed by atoms with Crippen LogP contribution in [0.25, 0.3) is 0 Å².